The molecule has 0 aliphatic heterocycles. The average molecular weight is 316 g/mol. The molecule has 1 nitrogen and oxygen atoms in total. The quantitative estimate of drug-likeness (QED) is 0.434. The topological polar surface area (TPSA) is 20.2 Å². The Bertz CT molecular complexity index is 615. The summed E-state index contributed by atoms with van der Waals surface area (Å²) in [6, 6.07) is 26.6. The summed E-state index contributed by atoms with van der Waals surface area (Å²) in [6.45, 7) is 0. The molecule has 0 radical (unpaired) electrons. The van der Waals surface area contributed by atoms with E-state index in [1.165, 1.54) is 0 Å². The zero-order chi connectivity index (χ0) is 14.3. The van der Waals surface area contributed by atoms with E-state index in [2.05, 4.69) is 5.92 Å². The van der Waals surface area contributed by atoms with Crippen LogP contribution in [0.2, 0.25) is 0 Å². The Morgan fingerprint density at radius 2 is 1.57 bits per heavy atom. The summed E-state index contributed by atoms with van der Waals surface area (Å²) in [4.78, 5) is 0. The molecule has 3 aromatic rings. The fourth-order valence-corrected chi connectivity index (χ4v) is 1.95. The first-order valence-electron chi connectivity index (χ1n) is 6.42. The summed E-state index contributed by atoms with van der Waals surface area (Å²) in [7, 11) is 0. The second-order valence-corrected chi connectivity index (χ2v) is 4.36. The van der Waals surface area contributed by atoms with Crippen LogP contribution in [0.5, 0.6) is 0 Å². The summed E-state index contributed by atoms with van der Waals surface area (Å²) >= 11 is 0. The number of benzene rings is 1. The van der Waals surface area contributed by atoms with Crippen molar-refractivity contribution in [3.05, 3.63) is 96.1 Å². The molecule has 106 valence electrons. The molecule has 0 heterocycles. The van der Waals surface area contributed by atoms with Crippen molar-refractivity contribution in [3.63, 3.8) is 0 Å². The Morgan fingerprint density at radius 1 is 0.905 bits per heavy atom. The molecular weight excluding hydrogens is 300 g/mol. The Kier molecular flexibility index (Phi) is 6.72. The van der Waals surface area contributed by atoms with Gasteiger partial charge >= 0.3 is 17.1 Å². The third kappa shape index (κ3) is 4.21. The Hall–Kier alpha value is -2.04. The standard InChI is InChI=1S/C14H11O.C5H5.Fe/c1-2-14(15,13-10-6-7-11-13)12-8-4-3-5-9-12;1-2-4-5-3-1;/h1,3-11,15H;1-5H;/q2*-1;+2. The molecule has 0 amide bonds. The van der Waals surface area contributed by atoms with Crippen LogP contribution in [0.25, 0.3) is 0 Å². The predicted molar refractivity (Wildman–Crippen MR) is 82.3 cm³/mol. The third-order valence-electron chi connectivity index (χ3n) is 3.04. The van der Waals surface area contributed by atoms with Crippen LogP contribution in [0, 0.1) is 12.3 Å². The zero-order valence-corrected chi connectivity index (χ0v) is 12.6. The van der Waals surface area contributed by atoms with E-state index in [0.29, 0.717) is 0 Å². The summed E-state index contributed by atoms with van der Waals surface area (Å²) in [5.41, 5.74) is 0.139. The van der Waals surface area contributed by atoms with Crippen molar-refractivity contribution in [2.75, 3.05) is 0 Å². The third-order valence-corrected chi connectivity index (χ3v) is 3.04. The molecule has 3 aromatic carbocycles. The molecule has 3 rings (SSSR count). The van der Waals surface area contributed by atoms with Gasteiger partial charge in [-0.15, -0.1) is 12.0 Å². The normalized spacial score (nSPS) is 12.0. The van der Waals surface area contributed by atoms with Crippen LogP contribution in [0.3, 0.4) is 0 Å². The van der Waals surface area contributed by atoms with Gasteiger partial charge in [0.25, 0.3) is 0 Å². The Labute approximate surface area is 136 Å². The molecule has 0 aliphatic carbocycles. The van der Waals surface area contributed by atoms with Gasteiger partial charge in [0.1, 0.15) is 0 Å². The molecule has 21 heavy (non-hydrogen) atoms. The molecule has 2 heteroatoms. The van der Waals surface area contributed by atoms with Gasteiger partial charge in [-0.25, -0.2) is 24.3 Å². The van der Waals surface area contributed by atoms with Crippen molar-refractivity contribution < 1.29 is 22.2 Å². The monoisotopic (exact) mass is 316 g/mol. The van der Waals surface area contributed by atoms with E-state index in [4.69, 9.17) is 6.42 Å². The van der Waals surface area contributed by atoms with E-state index in [1.54, 1.807) is 0 Å². The molecule has 0 fully saturated rings. The van der Waals surface area contributed by atoms with Crippen molar-refractivity contribution in [3.8, 4) is 12.3 Å². The van der Waals surface area contributed by atoms with Crippen LogP contribution in [0.4, 0.5) is 0 Å². The summed E-state index contributed by atoms with van der Waals surface area (Å²) < 4.78 is 0. The van der Waals surface area contributed by atoms with Crippen LogP contribution in [-0.4, -0.2) is 5.11 Å². The number of hydrogen-bond acceptors (Lipinski definition) is 1. The summed E-state index contributed by atoms with van der Waals surface area (Å²) in [5, 5.41) is 10.4. The smallest absolute Gasteiger partial charge is 0.371 e. The minimum absolute atomic E-state index is 0. The fourth-order valence-electron chi connectivity index (χ4n) is 1.95. The van der Waals surface area contributed by atoms with Crippen molar-refractivity contribution in [1.82, 2.24) is 0 Å². The van der Waals surface area contributed by atoms with Gasteiger partial charge in [0.05, 0.1) is 0 Å². The van der Waals surface area contributed by atoms with Gasteiger partial charge in [-0.3, -0.25) is 0 Å². The number of aliphatic hydroxyl groups is 1. The fraction of sp³-hybridized carbons (Fsp3) is 0.0526. The minimum atomic E-state index is -1.31. The van der Waals surface area contributed by atoms with E-state index in [-0.39, 0.29) is 17.1 Å². The summed E-state index contributed by atoms with van der Waals surface area (Å²) in [5.74, 6) is 2.45. The second-order valence-electron chi connectivity index (χ2n) is 4.36. The van der Waals surface area contributed by atoms with Gasteiger partial charge in [-0.1, -0.05) is 36.3 Å². The van der Waals surface area contributed by atoms with Crippen LogP contribution in [0.1, 0.15) is 11.1 Å². The maximum absolute atomic E-state index is 10.4. The molecular formula is C19H16FeO. The number of hydrogen-bond donors (Lipinski definition) is 1. The second kappa shape index (κ2) is 8.29. The molecule has 0 aliphatic rings. The van der Waals surface area contributed by atoms with Crippen LogP contribution in [0.15, 0.2) is 84.9 Å². The van der Waals surface area contributed by atoms with Gasteiger partial charge in [-0.2, -0.15) is 30.3 Å². The first-order chi connectivity index (χ1) is 9.77. The maximum atomic E-state index is 10.4. The zero-order valence-electron chi connectivity index (χ0n) is 11.5. The molecule has 1 unspecified atom stereocenters. The van der Waals surface area contributed by atoms with Gasteiger partial charge < -0.3 is 5.11 Å². The number of rotatable bonds is 2. The average Bonchev–Trinajstić information content (AvgIpc) is 3.22. The first-order valence-corrected chi connectivity index (χ1v) is 6.42. The first kappa shape index (κ1) is 17.0. The van der Waals surface area contributed by atoms with Gasteiger partial charge in [-0.05, 0) is 5.56 Å². The Balaban J connectivity index is 0.000000313. The van der Waals surface area contributed by atoms with Crippen LogP contribution in [-0.2, 0) is 22.7 Å². The van der Waals surface area contributed by atoms with Gasteiger partial charge in [0.15, 0.2) is 5.60 Å². The molecule has 0 saturated heterocycles. The van der Waals surface area contributed by atoms with Gasteiger partial charge in [0.2, 0.25) is 0 Å². The van der Waals surface area contributed by atoms with E-state index in [9.17, 15) is 5.11 Å². The van der Waals surface area contributed by atoms with E-state index in [0.717, 1.165) is 11.1 Å². The Morgan fingerprint density at radius 3 is 2.00 bits per heavy atom. The summed E-state index contributed by atoms with van der Waals surface area (Å²) in [6.07, 6.45) is 5.43. The largest absolute Gasteiger partial charge is 2.00 e. The maximum Gasteiger partial charge on any atom is 2.00 e. The minimum Gasteiger partial charge on any atom is -0.371 e. The molecule has 1 atom stereocenters. The van der Waals surface area contributed by atoms with Crippen LogP contribution < -0.4 is 0 Å². The van der Waals surface area contributed by atoms with E-state index < -0.39 is 5.60 Å². The van der Waals surface area contributed by atoms with Crippen molar-refractivity contribution in [1.29, 1.82) is 0 Å². The molecule has 0 aromatic heterocycles. The molecule has 0 saturated carbocycles. The van der Waals surface area contributed by atoms with E-state index >= 15 is 0 Å². The van der Waals surface area contributed by atoms with Crippen LogP contribution >= 0.6 is 0 Å². The van der Waals surface area contributed by atoms with Gasteiger partial charge in [0, 0.05) is 0 Å². The van der Waals surface area contributed by atoms with E-state index in [1.807, 2.05) is 84.9 Å². The number of terminal acetylenes is 1. The molecule has 1 N–H and O–H groups in total. The van der Waals surface area contributed by atoms with Crippen molar-refractivity contribution >= 4 is 0 Å². The predicted octanol–water partition coefficient (Wildman–Crippen LogP) is 3.68. The molecule has 0 bridgehead atoms. The molecule has 0 spiro atoms. The SMILES string of the molecule is C#CC(O)(c1ccccc1)c1ccc[cH-]1.[Fe+2].c1cc[cH-]c1. The van der Waals surface area contributed by atoms with Crippen molar-refractivity contribution in [2.45, 2.75) is 5.60 Å². The van der Waals surface area contributed by atoms with Crippen molar-refractivity contribution in [2.24, 2.45) is 0 Å².